The molecule has 0 spiro atoms. The van der Waals surface area contributed by atoms with Crippen molar-refractivity contribution in [3.05, 3.63) is 24.3 Å². The number of carbonyl (C=O) groups is 1. The number of hydrogen-bond acceptors (Lipinski definition) is 4. The first kappa shape index (κ1) is 10.6. The van der Waals surface area contributed by atoms with E-state index in [1.807, 2.05) is 6.92 Å². The predicted molar refractivity (Wildman–Crippen MR) is 52.6 cm³/mol. The molecule has 0 fully saturated rings. The summed E-state index contributed by atoms with van der Waals surface area (Å²) in [5.41, 5.74) is 5.96. The molecule has 14 heavy (non-hydrogen) atoms. The minimum absolute atomic E-state index is 0.00405. The highest BCUT2D eigenvalue weighted by Crippen LogP contribution is 1.90. The Labute approximate surface area is 82.7 Å². The summed E-state index contributed by atoms with van der Waals surface area (Å²) in [6.45, 7) is 2.44. The number of carbonyl (C=O) groups excluding carboxylic acids is 1. The van der Waals surface area contributed by atoms with E-state index in [-0.39, 0.29) is 11.9 Å². The molecule has 0 saturated carbocycles. The highest BCUT2D eigenvalue weighted by molar-refractivity contribution is 5.91. The topological polar surface area (TPSA) is 80.9 Å². The maximum Gasteiger partial charge on any atom is 0.271 e. The molecule has 1 aromatic heterocycles. The number of nitrogens with one attached hydrogen (secondary N) is 1. The summed E-state index contributed by atoms with van der Waals surface area (Å²) in [4.78, 5) is 19.1. The second-order valence-electron chi connectivity index (χ2n) is 2.97. The number of amides is 1. The smallest absolute Gasteiger partial charge is 0.271 e. The Hall–Kier alpha value is -1.49. The van der Waals surface area contributed by atoms with Crippen LogP contribution in [0.2, 0.25) is 0 Å². The van der Waals surface area contributed by atoms with Gasteiger partial charge in [-0.15, -0.1) is 0 Å². The van der Waals surface area contributed by atoms with Gasteiger partial charge in [0.05, 0.1) is 6.20 Å². The van der Waals surface area contributed by atoms with Crippen molar-refractivity contribution < 1.29 is 4.79 Å². The van der Waals surface area contributed by atoms with Gasteiger partial charge in [-0.25, -0.2) is 4.98 Å². The molecule has 0 aliphatic rings. The molecule has 0 saturated heterocycles. The Morgan fingerprint density at radius 2 is 2.43 bits per heavy atom. The van der Waals surface area contributed by atoms with Gasteiger partial charge in [0.1, 0.15) is 5.69 Å². The summed E-state index contributed by atoms with van der Waals surface area (Å²) in [5, 5.41) is 2.68. The zero-order chi connectivity index (χ0) is 10.4. The van der Waals surface area contributed by atoms with Crippen molar-refractivity contribution in [1.82, 2.24) is 15.3 Å². The lowest BCUT2D eigenvalue weighted by atomic mass is 10.2. The average molecular weight is 194 g/mol. The van der Waals surface area contributed by atoms with Crippen molar-refractivity contribution in [2.24, 2.45) is 5.73 Å². The number of aromatic nitrogens is 2. The molecular formula is C9H14N4O. The zero-order valence-corrected chi connectivity index (χ0v) is 8.10. The first-order valence-corrected chi connectivity index (χ1v) is 4.53. The van der Waals surface area contributed by atoms with Crippen molar-refractivity contribution in [2.75, 3.05) is 6.54 Å². The quantitative estimate of drug-likeness (QED) is 0.703. The zero-order valence-electron chi connectivity index (χ0n) is 8.10. The Morgan fingerprint density at radius 1 is 1.64 bits per heavy atom. The average Bonchev–Trinajstić information content (AvgIpc) is 2.26. The van der Waals surface area contributed by atoms with Crippen molar-refractivity contribution in [1.29, 1.82) is 0 Å². The highest BCUT2D eigenvalue weighted by Gasteiger charge is 2.07. The molecule has 3 N–H and O–H groups in total. The first-order chi connectivity index (χ1) is 6.74. The van der Waals surface area contributed by atoms with Crippen LogP contribution in [0.15, 0.2) is 18.6 Å². The van der Waals surface area contributed by atoms with Gasteiger partial charge in [0.15, 0.2) is 0 Å². The van der Waals surface area contributed by atoms with E-state index in [0.29, 0.717) is 12.2 Å². The van der Waals surface area contributed by atoms with E-state index >= 15 is 0 Å². The molecule has 0 bridgehead atoms. The van der Waals surface area contributed by atoms with Gasteiger partial charge >= 0.3 is 0 Å². The van der Waals surface area contributed by atoms with Gasteiger partial charge in [-0.2, -0.15) is 0 Å². The molecule has 1 heterocycles. The largest absolute Gasteiger partial charge is 0.349 e. The van der Waals surface area contributed by atoms with Crippen LogP contribution in [-0.4, -0.2) is 28.5 Å². The molecule has 0 aliphatic carbocycles. The van der Waals surface area contributed by atoms with Gasteiger partial charge < -0.3 is 11.1 Å². The fourth-order valence-electron chi connectivity index (χ4n) is 0.875. The van der Waals surface area contributed by atoms with Crippen molar-refractivity contribution >= 4 is 5.91 Å². The lowest BCUT2D eigenvalue weighted by molar-refractivity contribution is 0.0945. The maximum absolute atomic E-state index is 11.4. The Morgan fingerprint density at radius 3 is 3.00 bits per heavy atom. The summed E-state index contributed by atoms with van der Waals surface area (Å²) in [6.07, 6.45) is 5.26. The molecule has 1 rings (SSSR count). The fraction of sp³-hybridized carbons (Fsp3) is 0.444. The first-order valence-electron chi connectivity index (χ1n) is 4.53. The molecule has 0 radical (unpaired) electrons. The number of nitrogens with zero attached hydrogens (tertiary/aromatic N) is 2. The van der Waals surface area contributed by atoms with Crippen LogP contribution in [0.4, 0.5) is 0 Å². The van der Waals surface area contributed by atoms with Gasteiger partial charge in [0.2, 0.25) is 0 Å². The van der Waals surface area contributed by atoms with Crippen LogP contribution in [-0.2, 0) is 0 Å². The van der Waals surface area contributed by atoms with Gasteiger partial charge in [-0.05, 0) is 6.42 Å². The molecule has 0 aliphatic heterocycles. The monoisotopic (exact) mass is 194 g/mol. The minimum Gasteiger partial charge on any atom is -0.349 e. The van der Waals surface area contributed by atoms with Crippen LogP contribution in [0.25, 0.3) is 0 Å². The van der Waals surface area contributed by atoms with Gasteiger partial charge in [0.25, 0.3) is 5.91 Å². The van der Waals surface area contributed by atoms with Crippen molar-refractivity contribution in [3.63, 3.8) is 0 Å². The van der Waals surface area contributed by atoms with Crippen molar-refractivity contribution in [3.8, 4) is 0 Å². The van der Waals surface area contributed by atoms with Gasteiger partial charge in [0, 0.05) is 25.0 Å². The third-order valence-corrected chi connectivity index (χ3v) is 1.84. The molecule has 1 atom stereocenters. The summed E-state index contributed by atoms with van der Waals surface area (Å²) >= 11 is 0. The van der Waals surface area contributed by atoms with Crippen LogP contribution in [0.5, 0.6) is 0 Å². The Kier molecular flexibility index (Phi) is 4.00. The van der Waals surface area contributed by atoms with E-state index in [2.05, 4.69) is 15.3 Å². The highest BCUT2D eigenvalue weighted by atomic mass is 16.1. The molecule has 76 valence electrons. The Bertz CT molecular complexity index is 288. The third kappa shape index (κ3) is 3.10. The number of hydrogen-bond donors (Lipinski definition) is 2. The van der Waals surface area contributed by atoms with Gasteiger partial charge in [-0.3, -0.25) is 9.78 Å². The van der Waals surface area contributed by atoms with Crippen LogP contribution < -0.4 is 11.1 Å². The van der Waals surface area contributed by atoms with Crippen LogP contribution in [0.1, 0.15) is 23.8 Å². The second-order valence-corrected chi connectivity index (χ2v) is 2.97. The summed E-state index contributed by atoms with van der Waals surface area (Å²) in [5.74, 6) is -0.234. The molecule has 5 nitrogen and oxygen atoms in total. The van der Waals surface area contributed by atoms with Crippen molar-refractivity contribution in [2.45, 2.75) is 19.4 Å². The molecule has 1 amide bonds. The van der Waals surface area contributed by atoms with Crippen LogP contribution >= 0.6 is 0 Å². The van der Waals surface area contributed by atoms with E-state index in [9.17, 15) is 4.79 Å². The van der Waals surface area contributed by atoms with E-state index in [1.54, 1.807) is 0 Å². The second kappa shape index (κ2) is 5.29. The third-order valence-electron chi connectivity index (χ3n) is 1.84. The van der Waals surface area contributed by atoms with E-state index in [4.69, 9.17) is 5.73 Å². The number of nitrogens with two attached hydrogens (primary N) is 1. The fourth-order valence-corrected chi connectivity index (χ4v) is 0.875. The minimum atomic E-state index is -0.234. The SMILES string of the molecule is CCC(N)CNC(=O)c1cnccn1. The standard InChI is InChI=1S/C9H14N4O/c1-2-7(10)5-13-9(14)8-6-11-3-4-12-8/h3-4,6-7H,2,5,10H2,1H3,(H,13,14). The van der Waals surface area contributed by atoms with E-state index in [0.717, 1.165) is 6.42 Å². The lowest BCUT2D eigenvalue weighted by Gasteiger charge is -2.09. The molecular weight excluding hydrogens is 180 g/mol. The summed E-state index contributed by atoms with van der Waals surface area (Å²) in [6, 6.07) is -0.00405. The molecule has 1 aromatic rings. The van der Waals surface area contributed by atoms with Crippen LogP contribution in [0.3, 0.4) is 0 Å². The summed E-state index contributed by atoms with van der Waals surface area (Å²) in [7, 11) is 0. The molecule has 0 aromatic carbocycles. The number of rotatable bonds is 4. The Balaban J connectivity index is 2.44. The maximum atomic E-state index is 11.4. The van der Waals surface area contributed by atoms with Crippen LogP contribution in [0, 0.1) is 0 Å². The molecule has 5 heteroatoms. The van der Waals surface area contributed by atoms with E-state index < -0.39 is 0 Å². The lowest BCUT2D eigenvalue weighted by Crippen LogP contribution is -2.37. The predicted octanol–water partition coefficient (Wildman–Crippen LogP) is -0.0563. The molecule has 1 unspecified atom stereocenters. The van der Waals surface area contributed by atoms with Gasteiger partial charge in [-0.1, -0.05) is 6.92 Å². The summed E-state index contributed by atoms with van der Waals surface area (Å²) < 4.78 is 0. The van der Waals surface area contributed by atoms with E-state index in [1.165, 1.54) is 18.6 Å². The normalized spacial score (nSPS) is 12.1.